The van der Waals surface area contributed by atoms with Gasteiger partial charge in [0.1, 0.15) is 0 Å². The molecular formula is C21H28ClN3. The molecule has 134 valence electrons. The predicted molar refractivity (Wildman–Crippen MR) is 104 cm³/mol. The van der Waals surface area contributed by atoms with Gasteiger partial charge in [-0.15, -0.1) is 5.73 Å². The van der Waals surface area contributed by atoms with E-state index >= 15 is 0 Å². The normalized spacial score (nSPS) is 21.5. The molecular weight excluding hydrogens is 330 g/mol. The largest absolute Gasteiger partial charge is 0.316 e. The fourth-order valence-electron chi connectivity index (χ4n) is 4.48. The lowest BCUT2D eigenvalue weighted by Gasteiger charge is -2.22. The molecule has 3 aliphatic rings. The zero-order valence-electron chi connectivity index (χ0n) is 15.0. The minimum absolute atomic E-state index is 0.796. The highest BCUT2D eigenvalue weighted by molar-refractivity contribution is 6.31. The molecule has 1 aliphatic heterocycles. The molecule has 2 heterocycles. The van der Waals surface area contributed by atoms with Crippen molar-refractivity contribution in [3.8, 4) is 0 Å². The number of fused-ring (bicyclic) bond motifs is 1. The summed E-state index contributed by atoms with van der Waals surface area (Å²) in [5, 5.41) is 9.33. The third-order valence-electron chi connectivity index (χ3n) is 5.87. The Morgan fingerprint density at radius 2 is 2.04 bits per heavy atom. The Morgan fingerprint density at radius 1 is 1.20 bits per heavy atom. The topological polar surface area (TPSA) is 29.9 Å². The van der Waals surface area contributed by atoms with E-state index in [0.29, 0.717) is 0 Å². The van der Waals surface area contributed by atoms with Crippen LogP contribution in [-0.2, 0) is 19.4 Å². The first-order valence-electron chi connectivity index (χ1n) is 9.92. The van der Waals surface area contributed by atoms with Crippen molar-refractivity contribution in [2.75, 3.05) is 13.1 Å². The van der Waals surface area contributed by atoms with Crippen LogP contribution in [0.4, 0.5) is 0 Å². The summed E-state index contributed by atoms with van der Waals surface area (Å²) in [5.74, 6) is 0.887. The van der Waals surface area contributed by atoms with Gasteiger partial charge in [-0.05, 0) is 31.4 Å². The molecule has 0 spiro atoms. The molecule has 3 nitrogen and oxygen atoms in total. The van der Waals surface area contributed by atoms with Gasteiger partial charge in [-0.2, -0.15) is 5.10 Å². The minimum atomic E-state index is 0.796. The quantitative estimate of drug-likeness (QED) is 0.797. The molecule has 1 saturated carbocycles. The van der Waals surface area contributed by atoms with Crippen molar-refractivity contribution in [1.29, 1.82) is 0 Å². The molecule has 0 bridgehead atoms. The maximum Gasteiger partial charge on any atom is 0.0757 e. The lowest BCUT2D eigenvalue weighted by molar-refractivity contribution is 0.318. The van der Waals surface area contributed by atoms with E-state index in [1.165, 1.54) is 61.0 Å². The second kappa shape index (κ2) is 7.95. The van der Waals surface area contributed by atoms with Crippen molar-refractivity contribution in [2.45, 2.75) is 64.3 Å². The maximum atomic E-state index is 6.11. The summed E-state index contributed by atoms with van der Waals surface area (Å²) >= 11 is 6.11. The summed E-state index contributed by atoms with van der Waals surface area (Å²) in [5.41, 5.74) is 8.74. The van der Waals surface area contributed by atoms with E-state index < -0.39 is 0 Å². The lowest BCUT2D eigenvalue weighted by Crippen LogP contribution is -2.18. The van der Waals surface area contributed by atoms with E-state index in [2.05, 4.69) is 21.8 Å². The van der Waals surface area contributed by atoms with Crippen molar-refractivity contribution in [3.05, 3.63) is 39.9 Å². The number of nitrogens with one attached hydrogen (secondary N) is 1. The van der Waals surface area contributed by atoms with Gasteiger partial charge in [0, 0.05) is 42.1 Å². The third-order valence-corrected chi connectivity index (χ3v) is 6.13. The van der Waals surface area contributed by atoms with Gasteiger partial charge in [0.05, 0.1) is 11.4 Å². The van der Waals surface area contributed by atoms with Crippen LogP contribution >= 0.6 is 11.6 Å². The minimum Gasteiger partial charge on any atom is -0.316 e. The molecule has 0 aromatic carbocycles. The number of hydrogen-bond acceptors (Lipinski definition) is 2. The Hall–Kier alpha value is -1.28. The van der Waals surface area contributed by atoms with Crippen LogP contribution in [0.2, 0.25) is 0 Å². The number of aryl methyl sites for hydroxylation is 1. The van der Waals surface area contributed by atoms with E-state index in [1.54, 1.807) is 0 Å². The number of allylic oxidation sites excluding steroid dienone is 3. The van der Waals surface area contributed by atoms with Crippen molar-refractivity contribution < 1.29 is 0 Å². The van der Waals surface area contributed by atoms with Gasteiger partial charge in [-0.3, -0.25) is 4.68 Å². The standard InChI is InChI=1S/C21H28ClN3/c22-18-8-6-17(7-9-18)21-19-10-13-23-14-11-20(19)24-25(21)15-12-16-4-2-1-3-5-16/h8-9,16,23H,1-6,10-15H2. The highest BCUT2D eigenvalue weighted by Gasteiger charge is 2.23. The first-order chi connectivity index (χ1) is 12.3. The Kier molecular flexibility index (Phi) is 5.45. The zero-order chi connectivity index (χ0) is 17.1. The fourth-order valence-corrected chi connectivity index (χ4v) is 4.61. The van der Waals surface area contributed by atoms with Crippen LogP contribution in [0.15, 0.2) is 22.9 Å². The molecule has 25 heavy (non-hydrogen) atoms. The maximum absolute atomic E-state index is 6.11. The highest BCUT2D eigenvalue weighted by Crippen LogP contribution is 2.31. The average molecular weight is 358 g/mol. The molecule has 1 aromatic rings. The second-order valence-electron chi connectivity index (χ2n) is 7.60. The van der Waals surface area contributed by atoms with E-state index in [-0.39, 0.29) is 0 Å². The SMILES string of the molecule is ClC1=CCC(c2c3c(nn2CCC2CCCCC2)CCNCC3)=C=C1. The molecule has 4 rings (SSSR count). The first-order valence-corrected chi connectivity index (χ1v) is 10.3. The van der Waals surface area contributed by atoms with Crippen LogP contribution in [0, 0.1) is 5.92 Å². The van der Waals surface area contributed by atoms with Gasteiger partial charge in [0.25, 0.3) is 0 Å². The van der Waals surface area contributed by atoms with E-state index in [9.17, 15) is 0 Å². The molecule has 2 aliphatic carbocycles. The molecule has 0 saturated heterocycles. The van der Waals surface area contributed by atoms with Gasteiger partial charge in [0.15, 0.2) is 0 Å². The Bertz CT molecular complexity index is 716. The molecule has 0 atom stereocenters. The summed E-state index contributed by atoms with van der Waals surface area (Å²) in [4.78, 5) is 0. The van der Waals surface area contributed by atoms with Crippen LogP contribution in [0.25, 0.3) is 5.57 Å². The van der Waals surface area contributed by atoms with E-state index in [4.69, 9.17) is 16.7 Å². The smallest absolute Gasteiger partial charge is 0.0757 e. The van der Waals surface area contributed by atoms with Gasteiger partial charge >= 0.3 is 0 Å². The van der Waals surface area contributed by atoms with Crippen LogP contribution in [-0.4, -0.2) is 22.9 Å². The first kappa shape index (κ1) is 17.1. The van der Waals surface area contributed by atoms with Crippen LogP contribution < -0.4 is 5.32 Å². The molecule has 1 aromatic heterocycles. The summed E-state index contributed by atoms with van der Waals surface area (Å²) in [6.07, 6.45) is 15.3. The average Bonchev–Trinajstić information content (AvgIpc) is 2.83. The Labute approximate surface area is 155 Å². The highest BCUT2D eigenvalue weighted by atomic mass is 35.5. The molecule has 0 amide bonds. The van der Waals surface area contributed by atoms with Gasteiger partial charge in [-0.25, -0.2) is 0 Å². The van der Waals surface area contributed by atoms with Crippen LogP contribution in [0.5, 0.6) is 0 Å². The number of rotatable bonds is 4. The number of aromatic nitrogens is 2. The van der Waals surface area contributed by atoms with Crippen molar-refractivity contribution >= 4 is 17.2 Å². The van der Waals surface area contributed by atoms with Crippen molar-refractivity contribution in [3.63, 3.8) is 0 Å². The van der Waals surface area contributed by atoms with Crippen LogP contribution in [0.1, 0.15) is 61.9 Å². The Balaban J connectivity index is 1.62. The summed E-state index contributed by atoms with van der Waals surface area (Å²) in [6, 6.07) is 0. The zero-order valence-corrected chi connectivity index (χ0v) is 15.7. The fraction of sp³-hybridized carbons (Fsp3) is 0.619. The van der Waals surface area contributed by atoms with Gasteiger partial charge < -0.3 is 5.32 Å². The van der Waals surface area contributed by atoms with Gasteiger partial charge in [0.2, 0.25) is 0 Å². The van der Waals surface area contributed by atoms with Crippen molar-refractivity contribution in [2.24, 2.45) is 5.92 Å². The van der Waals surface area contributed by atoms with Crippen LogP contribution in [0.3, 0.4) is 0 Å². The summed E-state index contributed by atoms with van der Waals surface area (Å²) < 4.78 is 2.30. The Morgan fingerprint density at radius 3 is 2.84 bits per heavy atom. The number of nitrogens with zero attached hydrogens (tertiary/aromatic N) is 2. The monoisotopic (exact) mass is 357 g/mol. The summed E-state index contributed by atoms with van der Waals surface area (Å²) in [6.45, 7) is 3.12. The molecule has 0 unspecified atom stereocenters. The number of halogens is 1. The lowest BCUT2D eigenvalue weighted by atomic mass is 9.87. The number of hydrogen-bond donors (Lipinski definition) is 1. The van der Waals surface area contributed by atoms with E-state index in [1.807, 2.05) is 6.08 Å². The predicted octanol–water partition coefficient (Wildman–Crippen LogP) is 4.61. The van der Waals surface area contributed by atoms with Gasteiger partial charge in [-0.1, -0.05) is 49.8 Å². The summed E-state index contributed by atoms with van der Waals surface area (Å²) in [7, 11) is 0. The third kappa shape index (κ3) is 3.95. The molecule has 4 heteroatoms. The molecule has 0 radical (unpaired) electrons. The molecule has 1 N–H and O–H groups in total. The van der Waals surface area contributed by atoms with E-state index in [0.717, 1.165) is 49.8 Å². The second-order valence-corrected chi connectivity index (χ2v) is 8.04. The van der Waals surface area contributed by atoms with Crippen molar-refractivity contribution in [1.82, 2.24) is 15.1 Å². The molecule has 1 fully saturated rings.